The van der Waals surface area contributed by atoms with E-state index in [1.807, 2.05) is 0 Å². The van der Waals surface area contributed by atoms with Crippen molar-refractivity contribution in [1.29, 1.82) is 0 Å². The Balaban J connectivity index is 2.09. The van der Waals surface area contributed by atoms with Gasteiger partial charge >= 0.3 is 6.16 Å². The summed E-state index contributed by atoms with van der Waals surface area (Å²) in [6, 6.07) is 3.46. The lowest BCUT2D eigenvalue weighted by Gasteiger charge is -2.28. The van der Waals surface area contributed by atoms with E-state index in [1.165, 1.54) is 11.3 Å². The van der Waals surface area contributed by atoms with Gasteiger partial charge < -0.3 is 15.2 Å². The summed E-state index contributed by atoms with van der Waals surface area (Å²) in [5.41, 5.74) is -1.06. The van der Waals surface area contributed by atoms with Crippen molar-refractivity contribution < 1.29 is 19.4 Å². The number of carboxylic acid groups (broad SMARTS) is 1. The third-order valence-corrected chi connectivity index (χ3v) is 4.45. The molecule has 1 heterocycles. The van der Waals surface area contributed by atoms with Gasteiger partial charge in [-0.25, -0.2) is 4.79 Å². The first-order chi connectivity index (χ1) is 8.51. The van der Waals surface area contributed by atoms with Crippen molar-refractivity contribution in [3.8, 4) is 0 Å². The first-order valence-electron chi connectivity index (χ1n) is 5.51. The van der Waals surface area contributed by atoms with Crippen LogP contribution < -0.4 is 5.32 Å². The Bertz CT molecular complexity index is 467. The molecule has 0 radical (unpaired) electrons. The molecular weight excluding hydrogens is 322 g/mol. The Hall–Kier alpha value is -1.08. The van der Waals surface area contributed by atoms with Gasteiger partial charge in [0.25, 0.3) is 5.91 Å². The number of ether oxygens (including phenoxy) is 1. The van der Waals surface area contributed by atoms with Gasteiger partial charge in [0, 0.05) is 12.8 Å². The van der Waals surface area contributed by atoms with Crippen molar-refractivity contribution in [2.75, 3.05) is 0 Å². The van der Waals surface area contributed by atoms with Gasteiger partial charge in [0.05, 0.1) is 8.66 Å². The summed E-state index contributed by atoms with van der Waals surface area (Å²) < 4.78 is 5.73. The normalized spacial score (nSPS) is 17.4. The van der Waals surface area contributed by atoms with Crippen molar-refractivity contribution in [3.63, 3.8) is 0 Å². The van der Waals surface area contributed by atoms with E-state index in [1.54, 1.807) is 12.1 Å². The summed E-state index contributed by atoms with van der Waals surface area (Å²) >= 11 is 4.58. The van der Waals surface area contributed by atoms with E-state index >= 15 is 0 Å². The highest BCUT2D eigenvalue weighted by Crippen LogP contribution is 2.32. The fraction of sp³-hybridized carbons (Fsp3) is 0.455. The Labute approximate surface area is 116 Å². The average Bonchev–Trinajstić information content (AvgIpc) is 2.87. The minimum Gasteiger partial charge on any atom is -0.450 e. The van der Waals surface area contributed by atoms with E-state index in [9.17, 15) is 9.59 Å². The maximum absolute atomic E-state index is 12.0. The molecule has 0 spiro atoms. The van der Waals surface area contributed by atoms with E-state index < -0.39 is 11.9 Å². The largest absolute Gasteiger partial charge is 0.507 e. The standard InChI is InChI=1S/C11H12BrNO4S/c12-8-4-3-7(18-8)9(14)13-11(17-10(15)16)5-1-2-6-11/h3-4H,1-2,5-6H2,(H,13,14)(H,15,16). The minimum atomic E-state index is -1.36. The minimum absolute atomic E-state index is 0.297. The molecule has 1 aliphatic rings. The summed E-state index contributed by atoms with van der Waals surface area (Å²) in [7, 11) is 0. The van der Waals surface area contributed by atoms with E-state index in [2.05, 4.69) is 21.2 Å². The molecule has 0 saturated heterocycles. The predicted molar refractivity (Wildman–Crippen MR) is 69.8 cm³/mol. The molecule has 5 nitrogen and oxygen atoms in total. The number of carbonyl (C=O) groups is 2. The average molecular weight is 334 g/mol. The third kappa shape index (κ3) is 3.02. The third-order valence-electron chi connectivity index (χ3n) is 2.83. The first-order valence-corrected chi connectivity index (χ1v) is 7.11. The van der Waals surface area contributed by atoms with Gasteiger partial charge in [-0.05, 0) is 40.9 Å². The zero-order valence-corrected chi connectivity index (χ0v) is 11.8. The molecule has 1 saturated carbocycles. The van der Waals surface area contributed by atoms with Crippen LogP contribution in [0.1, 0.15) is 35.4 Å². The maximum atomic E-state index is 12.0. The van der Waals surface area contributed by atoms with Gasteiger partial charge in [0.1, 0.15) is 0 Å². The zero-order valence-electron chi connectivity index (χ0n) is 9.44. The predicted octanol–water partition coefficient (Wildman–Crippen LogP) is 3.21. The summed E-state index contributed by atoms with van der Waals surface area (Å²) in [5.74, 6) is -0.297. The number of rotatable bonds is 3. The summed E-state index contributed by atoms with van der Waals surface area (Å²) in [6.07, 6.45) is 1.39. The lowest BCUT2D eigenvalue weighted by Crippen LogP contribution is -2.49. The van der Waals surface area contributed by atoms with Crippen LogP contribution in [0.25, 0.3) is 0 Å². The highest BCUT2D eigenvalue weighted by Gasteiger charge is 2.39. The summed E-state index contributed by atoms with van der Waals surface area (Å²) in [5, 5.41) is 11.4. The van der Waals surface area contributed by atoms with Crippen LogP contribution in [0, 0.1) is 0 Å². The molecule has 2 rings (SSSR count). The highest BCUT2D eigenvalue weighted by atomic mass is 79.9. The number of hydrogen-bond acceptors (Lipinski definition) is 4. The molecule has 1 fully saturated rings. The lowest BCUT2D eigenvalue weighted by molar-refractivity contribution is -0.0319. The summed E-state index contributed by atoms with van der Waals surface area (Å²) in [6.45, 7) is 0. The molecule has 0 bridgehead atoms. The van der Waals surface area contributed by atoms with Crippen molar-refractivity contribution in [2.45, 2.75) is 31.4 Å². The van der Waals surface area contributed by atoms with Crippen LogP contribution in [0.3, 0.4) is 0 Å². The van der Waals surface area contributed by atoms with Crippen LogP contribution in [-0.4, -0.2) is 22.9 Å². The highest BCUT2D eigenvalue weighted by molar-refractivity contribution is 9.11. The summed E-state index contributed by atoms with van der Waals surface area (Å²) in [4.78, 5) is 23.2. The van der Waals surface area contributed by atoms with Crippen LogP contribution in [0.15, 0.2) is 15.9 Å². The fourth-order valence-electron chi connectivity index (χ4n) is 2.07. The molecule has 1 aliphatic carbocycles. The fourth-order valence-corrected chi connectivity index (χ4v) is 3.35. The Morgan fingerprint density at radius 1 is 1.39 bits per heavy atom. The SMILES string of the molecule is O=C(O)OC1(NC(=O)c2ccc(Br)s2)CCCC1. The monoisotopic (exact) mass is 333 g/mol. The molecular formula is C11H12BrNO4S. The van der Waals surface area contributed by atoms with Crippen LogP contribution in [-0.2, 0) is 4.74 Å². The van der Waals surface area contributed by atoms with Crippen molar-refractivity contribution in [1.82, 2.24) is 5.32 Å². The van der Waals surface area contributed by atoms with Gasteiger partial charge in [0.2, 0.25) is 0 Å². The van der Waals surface area contributed by atoms with Crippen molar-refractivity contribution in [2.24, 2.45) is 0 Å². The molecule has 18 heavy (non-hydrogen) atoms. The Morgan fingerprint density at radius 3 is 2.56 bits per heavy atom. The number of amides is 1. The topological polar surface area (TPSA) is 75.6 Å². The molecule has 1 amide bonds. The zero-order chi connectivity index (χ0) is 13.2. The van der Waals surface area contributed by atoms with E-state index in [0.29, 0.717) is 17.7 Å². The van der Waals surface area contributed by atoms with Gasteiger partial charge in [0.15, 0.2) is 5.72 Å². The van der Waals surface area contributed by atoms with Crippen LogP contribution in [0.5, 0.6) is 0 Å². The second-order valence-corrected chi connectivity index (χ2v) is 6.59. The van der Waals surface area contributed by atoms with E-state index in [4.69, 9.17) is 9.84 Å². The van der Waals surface area contributed by atoms with Gasteiger partial charge in [-0.2, -0.15) is 0 Å². The lowest BCUT2D eigenvalue weighted by atomic mass is 10.2. The number of hydrogen-bond donors (Lipinski definition) is 2. The first kappa shape index (κ1) is 13.4. The molecule has 0 unspecified atom stereocenters. The van der Waals surface area contributed by atoms with Crippen LogP contribution in [0.4, 0.5) is 4.79 Å². The smallest absolute Gasteiger partial charge is 0.450 e. The molecule has 0 aliphatic heterocycles. The Morgan fingerprint density at radius 2 is 2.06 bits per heavy atom. The number of thiophene rings is 1. The quantitative estimate of drug-likeness (QED) is 0.657. The van der Waals surface area contributed by atoms with E-state index in [0.717, 1.165) is 16.6 Å². The molecule has 1 aromatic heterocycles. The Kier molecular flexibility index (Phi) is 3.91. The molecule has 1 aromatic rings. The second-order valence-electron chi connectivity index (χ2n) is 4.13. The van der Waals surface area contributed by atoms with Gasteiger partial charge in [-0.1, -0.05) is 0 Å². The molecule has 0 aromatic carbocycles. The van der Waals surface area contributed by atoms with Crippen molar-refractivity contribution in [3.05, 3.63) is 20.8 Å². The van der Waals surface area contributed by atoms with Gasteiger partial charge in [-0.3, -0.25) is 4.79 Å². The van der Waals surface area contributed by atoms with Crippen molar-refractivity contribution >= 4 is 39.3 Å². The second kappa shape index (κ2) is 5.27. The molecule has 7 heteroatoms. The van der Waals surface area contributed by atoms with Gasteiger partial charge in [-0.15, -0.1) is 11.3 Å². The number of carbonyl (C=O) groups excluding carboxylic acids is 1. The van der Waals surface area contributed by atoms with Crippen LogP contribution in [0.2, 0.25) is 0 Å². The molecule has 0 atom stereocenters. The number of halogens is 1. The molecule has 98 valence electrons. The molecule has 2 N–H and O–H groups in total. The number of nitrogens with one attached hydrogen (secondary N) is 1. The maximum Gasteiger partial charge on any atom is 0.507 e. The van der Waals surface area contributed by atoms with Crippen LogP contribution >= 0.6 is 27.3 Å². The van der Waals surface area contributed by atoms with E-state index in [-0.39, 0.29) is 5.91 Å².